The van der Waals surface area contributed by atoms with Gasteiger partial charge in [-0.3, -0.25) is 0 Å². The maximum atomic E-state index is 6.23. The van der Waals surface area contributed by atoms with Gasteiger partial charge >= 0.3 is 0 Å². The van der Waals surface area contributed by atoms with Crippen LogP contribution in [0.15, 0.2) is 66.9 Å². The molecule has 0 aliphatic heterocycles. The smallest absolute Gasteiger partial charge is 0.153 e. The van der Waals surface area contributed by atoms with Crippen molar-refractivity contribution in [2.45, 2.75) is 6.61 Å². The molecule has 4 rings (SSSR count). The first-order valence-electron chi connectivity index (χ1n) is 7.04. The second-order valence-electron chi connectivity index (χ2n) is 5.09. The fourth-order valence-corrected chi connectivity index (χ4v) is 2.79. The summed E-state index contributed by atoms with van der Waals surface area (Å²) in [6, 6.07) is 19.9. The Hall–Kier alpha value is -2.52. The van der Waals surface area contributed by atoms with Crippen molar-refractivity contribution in [2.24, 2.45) is 0 Å². The van der Waals surface area contributed by atoms with E-state index in [0.29, 0.717) is 11.8 Å². The molecule has 2 aromatic heterocycles. The van der Waals surface area contributed by atoms with Crippen molar-refractivity contribution in [3.8, 4) is 5.75 Å². The highest BCUT2D eigenvalue weighted by Gasteiger charge is 2.07. The Balaban J connectivity index is 1.70. The van der Waals surface area contributed by atoms with Gasteiger partial charge in [-0.15, -0.1) is 0 Å². The lowest BCUT2D eigenvalue weighted by Crippen LogP contribution is -1.96. The van der Waals surface area contributed by atoms with Gasteiger partial charge in [-0.05, 0) is 29.8 Å². The van der Waals surface area contributed by atoms with Gasteiger partial charge in [0.1, 0.15) is 12.4 Å². The molecular formula is C18H13ClN2O. The van der Waals surface area contributed by atoms with Gasteiger partial charge in [0, 0.05) is 12.3 Å². The average Bonchev–Trinajstić information content (AvgIpc) is 3.04. The number of ether oxygens (including phenoxy) is 1. The molecule has 2 heterocycles. The van der Waals surface area contributed by atoms with Crippen LogP contribution in [-0.4, -0.2) is 9.38 Å². The minimum atomic E-state index is 0.498. The van der Waals surface area contributed by atoms with Gasteiger partial charge in [0.2, 0.25) is 0 Å². The van der Waals surface area contributed by atoms with Gasteiger partial charge in [-0.25, -0.2) is 4.98 Å². The second-order valence-corrected chi connectivity index (χ2v) is 5.45. The molecule has 22 heavy (non-hydrogen) atoms. The van der Waals surface area contributed by atoms with Crippen LogP contribution in [0, 0.1) is 0 Å². The van der Waals surface area contributed by atoms with Crippen molar-refractivity contribution >= 4 is 28.2 Å². The summed E-state index contributed by atoms with van der Waals surface area (Å²) in [7, 11) is 0. The average molecular weight is 309 g/mol. The van der Waals surface area contributed by atoms with Crippen LogP contribution >= 0.6 is 11.6 Å². The summed E-state index contributed by atoms with van der Waals surface area (Å²) in [5.41, 5.74) is 3.87. The van der Waals surface area contributed by atoms with E-state index in [2.05, 4.69) is 4.98 Å². The highest BCUT2D eigenvalue weighted by Crippen LogP contribution is 2.25. The monoisotopic (exact) mass is 308 g/mol. The molecule has 0 unspecified atom stereocenters. The minimum absolute atomic E-state index is 0.498. The van der Waals surface area contributed by atoms with Crippen LogP contribution in [-0.2, 0) is 6.61 Å². The molecular weight excluding hydrogens is 296 g/mol. The molecule has 0 N–H and O–H groups in total. The van der Waals surface area contributed by atoms with Crippen LogP contribution in [0.4, 0.5) is 0 Å². The standard InChI is InChI=1S/C18H13ClN2O/c19-18-17-7-4-10-21(17)16-9-8-14(11-15(16)20-18)22-12-13-5-2-1-3-6-13/h1-11H,12H2. The number of hydrogen-bond acceptors (Lipinski definition) is 2. The van der Waals surface area contributed by atoms with Crippen LogP contribution in [0.25, 0.3) is 16.6 Å². The Morgan fingerprint density at radius 1 is 0.955 bits per heavy atom. The molecule has 0 aliphatic rings. The van der Waals surface area contributed by atoms with Crippen molar-refractivity contribution in [1.29, 1.82) is 0 Å². The lowest BCUT2D eigenvalue weighted by Gasteiger charge is -2.09. The second kappa shape index (κ2) is 5.35. The summed E-state index contributed by atoms with van der Waals surface area (Å²) < 4.78 is 7.87. The Bertz CT molecular complexity index is 947. The summed E-state index contributed by atoms with van der Waals surface area (Å²) in [4.78, 5) is 4.46. The molecule has 4 aromatic rings. The molecule has 0 atom stereocenters. The predicted molar refractivity (Wildman–Crippen MR) is 88.5 cm³/mol. The van der Waals surface area contributed by atoms with Crippen LogP contribution in [0.2, 0.25) is 5.15 Å². The highest BCUT2D eigenvalue weighted by molar-refractivity contribution is 6.33. The van der Waals surface area contributed by atoms with Gasteiger partial charge in [0.15, 0.2) is 5.15 Å². The SMILES string of the molecule is Clc1nc2cc(OCc3ccccc3)ccc2n2cccc12. The van der Waals surface area contributed by atoms with Crippen LogP contribution in [0.5, 0.6) is 5.75 Å². The maximum absolute atomic E-state index is 6.23. The van der Waals surface area contributed by atoms with Crippen LogP contribution < -0.4 is 4.74 Å². The van der Waals surface area contributed by atoms with Crippen molar-refractivity contribution in [1.82, 2.24) is 9.38 Å². The zero-order chi connectivity index (χ0) is 14.9. The molecule has 3 nitrogen and oxygen atoms in total. The Kier molecular flexibility index (Phi) is 3.20. The Labute approximate surface area is 132 Å². The maximum Gasteiger partial charge on any atom is 0.153 e. The highest BCUT2D eigenvalue weighted by atomic mass is 35.5. The molecule has 0 bridgehead atoms. The van der Waals surface area contributed by atoms with Crippen molar-refractivity contribution in [2.75, 3.05) is 0 Å². The van der Waals surface area contributed by atoms with Crippen LogP contribution in [0.1, 0.15) is 5.56 Å². The first-order chi connectivity index (χ1) is 10.8. The minimum Gasteiger partial charge on any atom is -0.489 e. The first-order valence-corrected chi connectivity index (χ1v) is 7.42. The summed E-state index contributed by atoms with van der Waals surface area (Å²) in [6.07, 6.45) is 1.98. The van der Waals surface area contributed by atoms with Crippen molar-refractivity contribution < 1.29 is 4.74 Å². The molecule has 0 fully saturated rings. The van der Waals surface area contributed by atoms with E-state index in [1.807, 2.05) is 71.3 Å². The summed E-state index contributed by atoms with van der Waals surface area (Å²) in [6.45, 7) is 0.534. The largest absolute Gasteiger partial charge is 0.489 e. The fraction of sp³-hybridized carbons (Fsp3) is 0.0556. The predicted octanol–water partition coefficient (Wildman–Crippen LogP) is 4.72. The van der Waals surface area contributed by atoms with Gasteiger partial charge in [-0.2, -0.15) is 0 Å². The van der Waals surface area contributed by atoms with Gasteiger partial charge < -0.3 is 9.14 Å². The molecule has 0 radical (unpaired) electrons. The molecule has 108 valence electrons. The third kappa shape index (κ3) is 2.30. The summed E-state index contributed by atoms with van der Waals surface area (Å²) in [5, 5.41) is 0.498. The number of hydrogen-bond donors (Lipinski definition) is 0. The quantitative estimate of drug-likeness (QED) is 0.547. The summed E-state index contributed by atoms with van der Waals surface area (Å²) in [5.74, 6) is 0.784. The van der Waals surface area contributed by atoms with Crippen molar-refractivity contribution in [3.05, 3.63) is 77.6 Å². The van der Waals surface area contributed by atoms with Crippen molar-refractivity contribution in [3.63, 3.8) is 0 Å². The van der Waals surface area contributed by atoms with E-state index in [0.717, 1.165) is 27.9 Å². The lowest BCUT2D eigenvalue weighted by molar-refractivity contribution is 0.306. The normalized spacial score (nSPS) is 11.1. The van der Waals surface area contributed by atoms with Gasteiger partial charge in [0.05, 0.1) is 16.6 Å². The zero-order valence-electron chi connectivity index (χ0n) is 11.7. The number of benzene rings is 2. The molecule has 0 amide bonds. The lowest BCUT2D eigenvalue weighted by atomic mass is 10.2. The molecule has 0 saturated carbocycles. The zero-order valence-corrected chi connectivity index (χ0v) is 12.5. The van der Waals surface area contributed by atoms with Gasteiger partial charge in [0.25, 0.3) is 0 Å². The van der Waals surface area contributed by atoms with E-state index in [-0.39, 0.29) is 0 Å². The molecule has 0 aliphatic carbocycles. The Morgan fingerprint density at radius 3 is 2.68 bits per heavy atom. The van der Waals surface area contributed by atoms with E-state index >= 15 is 0 Å². The number of halogens is 1. The Morgan fingerprint density at radius 2 is 1.82 bits per heavy atom. The van der Waals surface area contributed by atoms with E-state index in [1.165, 1.54) is 0 Å². The third-order valence-electron chi connectivity index (χ3n) is 3.63. The number of fused-ring (bicyclic) bond motifs is 3. The molecule has 0 spiro atoms. The van der Waals surface area contributed by atoms with E-state index in [1.54, 1.807) is 0 Å². The first kappa shape index (κ1) is 13.2. The number of rotatable bonds is 3. The van der Waals surface area contributed by atoms with E-state index in [9.17, 15) is 0 Å². The summed E-state index contributed by atoms with van der Waals surface area (Å²) >= 11 is 6.23. The number of aromatic nitrogens is 2. The molecule has 2 aromatic carbocycles. The van der Waals surface area contributed by atoms with Gasteiger partial charge in [-0.1, -0.05) is 41.9 Å². The topological polar surface area (TPSA) is 26.5 Å². The molecule has 4 heteroatoms. The van der Waals surface area contributed by atoms with Crippen LogP contribution in [0.3, 0.4) is 0 Å². The molecule has 0 saturated heterocycles. The van der Waals surface area contributed by atoms with E-state index < -0.39 is 0 Å². The fourth-order valence-electron chi connectivity index (χ4n) is 2.55. The number of nitrogens with zero attached hydrogens (tertiary/aromatic N) is 2. The van der Waals surface area contributed by atoms with E-state index in [4.69, 9.17) is 16.3 Å². The third-order valence-corrected chi connectivity index (χ3v) is 3.91.